The highest BCUT2D eigenvalue weighted by Crippen LogP contribution is 2.17. The van der Waals surface area contributed by atoms with Crippen LogP contribution in [-0.4, -0.2) is 22.7 Å². The van der Waals surface area contributed by atoms with Crippen LogP contribution in [0.3, 0.4) is 0 Å². The number of rotatable bonds is 2. The van der Waals surface area contributed by atoms with E-state index in [0.29, 0.717) is 0 Å². The number of hydrogen-bond acceptors (Lipinski definition) is 4. The third kappa shape index (κ3) is 1.93. The highest BCUT2D eigenvalue weighted by molar-refractivity contribution is 5.89. The van der Waals surface area contributed by atoms with Crippen molar-refractivity contribution in [1.82, 2.24) is 4.98 Å². The van der Waals surface area contributed by atoms with Gasteiger partial charge >= 0.3 is 5.97 Å². The average molecular weight is 185 g/mol. The van der Waals surface area contributed by atoms with Gasteiger partial charge in [-0.3, -0.25) is 4.98 Å². The summed E-state index contributed by atoms with van der Waals surface area (Å²) < 4.78 is 17.5. The maximum atomic E-state index is 13.0. The van der Waals surface area contributed by atoms with E-state index in [2.05, 4.69) is 9.72 Å². The Kier molecular flexibility index (Phi) is 2.79. The van der Waals surface area contributed by atoms with Gasteiger partial charge in [-0.15, -0.1) is 0 Å². The predicted octanol–water partition coefficient (Wildman–Crippen LogP) is 1.10. The van der Waals surface area contributed by atoms with E-state index in [0.717, 1.165) is 12.4 Å². The van der Waals surface area contributed by atoms with Crippen LogP contribution in [-0.2, 0) is 4.74 Å². The van der Waals surface area contributed by atoms with Crippen molar-refractivity contribution in [3.8, 4) is 5.75 Å². The minimum absolute atomic E-state index is 0.147. The number of aromatic nitrogens is 1. The van der Waals surface area contributed by atoms with Gasteiger partial charge in [-0.2, -0.15) is 0 Å². The van der Waals surface area contributed by atoms with Gasteiger partial charge in [-0.1, -0.05) is 0 Å². The first-order chi connectivity index (χ1) is 6.16. The molecule has 0 radical (unpaired) electrons. The minimum Gasteiger partial charge on any atom is -0.504 e. The molecule has 0 aliphatic rings. The van der Waals surface area contributed by atoms with Crippen molar-refractivity contribution >= 4 is 5.97 Å². The molecule has 4 nitrogen and oxygen atoms in total. The van der Waals surface area contributed by atoms with Gasteiger partial charge in [-0.25, -0.2) is 9.18 Å². The molecular formula is C8H8FNO3. The lowest BCUT2D eigenvalue weighted by atomic mass is 10.2. The van der Waals surface area contributed by atoms with E-state index in [1.165, 1.54) is 0 Å². The third-order valence-electron chi connectivity index (χ3n) is 1.36. The van der Waals surface area contributed by atoms with E-state index >= 15 is 0 Å². The van der Waals surface area contributed by atoms with Gasteiger partial charge in [0.25, 0.3) is 0 Å². The van der Waals surface area contributed by atoms with Crippen molar-refractivity contribution < 1.29 is 19.0 Å². The van der Waals surface area contributed by atoms with Crippen LogP contribution in [0.5, 0.6) is 5.75 Å². The molecule has 0 aliphatic heterocycles. The Morgan fingerprint density at radius 3 is 3.00 bits per heavy atom. The lowest BCUT2D eigenvalue weighted by Crippen LogP contribution is -2.07. The molecule has 0 aliphatic carbocycles. The fourth-order valence-corrected chi connectivity index (χ4v) is 0.785. The first-order valence-electron chi connectivity index (χ1n) is 3.66. The largest absolute Gasteiger partial charge is 0.504 e. The number of hydrogen-bond donors (Lipinski definition) is 1. The molecular weight excluding hydrogens is 177 g/mol. The zero-order valence-electron chi connectivity index (χ0n) is 6.95. The number of aromatic hydroxyl groups is 1. The van der Waals surface area contributed by atoms with Crippen molar-refractivity contribution in [3.05, 3.63) is 23.8 Å². The van der Waals surface area contributed by atoms with Crippen LogP contribution in [0.4, 0.5) is 4.39 Å². The molecule has 0 saturated carbocycles. The van der Waals surface area contributed by atoms with Crippen LogP contribution in [0.2, 0.25) is 0 Å². The average Bonchev–Trinajstić information content (AvgIpc) is 2.10. The van der Waals surface area contributed by atoms with Crippen LogP contribution < -0.4 is 0 Å². The second-order valence-electron chi connectivity index (χ2n) is 2.24. The number of pyridine rings is 1. The summed E-state index contributed by atoms with van der Waals surface area (Å²) in [5.74, 6) is -2.50. The number of ether oxygens (including phenoxy) is 1. The Hall–Kier alpha value is -1.65. The predicted molar refractivity (Wildman–Crippen MR) is 41.8 cm³/mol. The molecule has 1 rings (SSSR count). The molecule has 1 heterocycles. The normalized spacial score (nSPS) is 9.69. The summed E-state index contributed by atoms with van der Waals surface area (Å²) in [5.41, 5.74) is -0.359. The van der Waals surface area contributed by atoms with Gasteiger partial charge in [0.1, 0.15) is 5.56 Å². The van der Waals surface area contributed by atoms with Gasteiger partial charge in [0.2, 0.25) is 0 Å². The minimum atomic E-state index is -1.01. The number of halogens is 1. The number of carbonyl (C=O) groups excluding carboxylic acids is 1. The van der Waals surface area contributed by atoms with Crippen LogP contribution >= 0.6 is 0 Å². The molecule has 13 heavy (non-hydrogen) atoms. The van der Waals surface area contributed by atoms with E-state index < -0.39 is 17.5 Å². The Balaban J connectivity index is 3.01. The fraction of sp³-hybridized carbons (Fsp3) is 0.250. The maximum Gasteiger partial charge on any atom is 0.342 e. The molecule has 70 valence electrons. The molecule has 1 aromatic rings. The number of esters is 1. The summed E-state index contributed by atoms with van der Waals surface area (Å²) in [4.78, 5) is 14.5. The zero-order chi connectivity index (χ0) is 9.84. The molecule has 0 spiro atoms. The van der Waals surface area contributed by atoms with Crippen LogP contribution in [0.15, 0.2) is 12.4 Å². The highest BCUT2D eigenvalue weighted by Gasteiger charge is 2.15. The standard InChI is InChI=1S/C8H8FNO3/c1-2-13-8(12)5-3-10-4-6(11)7(5)9/h3-4,11H,2H2,1H3. The van der Waals surface area contributed by atoms with E-state index in [4.69, 9.17) is 5.11 Å². The van der Waals surface area contributed by atoms with Crippen molar-refractivity contribution in [2.24, 2.45) is 0 Å². The zero-order valence-corrected chi connectivity index (χ0v) is 6.95. The maximum absolute atomic E-state index is 13.0. The van der Waals surface area contributed by atoms with Gasteiger partial charge in [-0.05, 0) is 6.92 Å². The molecule has 5 heteroatoms. The third-order valence-corrected chi connectivity index (χ3v) is 1.36. The quantitative estimate of drug-likeness (QED) is 0.701. The lowest BCUT2D eigenvalue weighted by molar-refractivity contribution is 0.0519. The summed E-state index contributed by atoms with van der Waals surface area (Å²) in [6.07, 6.45) is 1.92. The van der Waals surface area contributed by atoms with E-state index in [1.54, 1.807) is 6.92 Å². The molecule has 0 amide bonds. The van der Waals surface area contributed by atoms with Crippen molar-refractivity contribution in [3.63, 3.8) is 0 Å². The van der Waals surface area contributed by atoms with Gasteiger partial charge in [0, 0.05) is 6.20 Å². The van der Waals surface area contributed by atoms with Crippen LogP contribution in [0.25, 0.3) is 0 Å². The second kappa shape index (κ2) is 3.84. The van der Waals surface area contributed by atoms with Crippen molar-refractivity contribution in [2.75, 3.05) is 6.61 Å². The van der Waals surface area contributed by atoms with Crippen molar-refractivity contribution in [2.45, 2.75) is 6.92 Å². The molecule has 0 bridgehead atoms. The summed E-state index contributed by atoms with van der Waals surface area (Å²) in [6, 6.07) is 0. The number of carbonyl (C=O) groups is 1. The molecule has 1 N–H and O–H groups in total. The van der Waals surface area contributed by atoms with Gasteiger partial charge < -0.3 is 9.84 Å². The molecule has 1 aromatic heterocycles. The van der Waals surface area contributed by atoms with Gasteiger partial charge in [0.05, 0.1) is 12.8 Å². The van der Waals surface area contributed by atoms with Crippen LogP contribution in [0, 0.1) is 5.82 Å². The first kappa shape index (κ1) is 9.44. The Labute approximate surface area is 74.0 Å². The second-order valence-corrected chi connectivity index (χ2v) is 2.24. The smallest absolute Gasteiger partial charge is 0.342 e. The monoisotopic (exact) mass is 185 g/mol. The summed E-state index contributed by atoms with van der Waals surface area (Å²) >= 11 is 0. The molecule has 0 fully saturated rings. The summed E-state index contributed by atoms with van der Waals surface area (Å²) in [6.45, 7) is 1.75. The van der Waals surface area contributed by atoms with E-state index in [9.17, 15) is 9.18 Å². The Bertz CT molecular complexity index is 327. The van der Waals surface area contributed by atoms with Crippen LogP contribution in [0.1, 0.15) is 17.3 Å². The Morgan fingerprint density at radius 1 is 1.69 bits per heavy atom. The SMILES string of the molecule is CCOC(=O)c1cncc(O)c1F. The molecule has 0 unspecified atom stereocenters. The van der Waals surface area contributed by atoms with Gasteiger partial charge in [0.15, 0.2) is 11.6 Å². The van der Waals surface area contributed by atoms with Crippen molar-refractivity contribution in [1.29, 1.82) is 0 Å². The topological polar surface area (TPSA) is 59.4 Å². The first-order valence-corrected chi connectivity index (χ1v) is 3.66. The van der Waals surface area contributed by atoms with E-state index in [-0.39, 0.29) is 12.2 Å². The molecule has 0 atom stereocenters. The Morgan fingerprint density at radius 2 is 2.38 bits per heavy atom. The lowest BCUT2D eigenvalue weighted by Gasteiger charge is -2.02. The fourth-order valence-electron chi connectivity index (χ4n) is 0.785. The number of nitrogens with zero attached hydrogens (tertiary/aromatic N) is 1. The summed E-state index contributed by atoms with van der Waals surface area (Å²) in [7, 11) is 0. The molecule has 0 saturated heterocycles. The van der Waals surface area contributed by atoms with E-state index in [1.807, 2.05) is 0 Å². The molecule has 0 aromatic carbocycles. The highest BCUT2D eigenvalue weighted by atomic mass is 19.1. The summed E-state index contributed by atoms with van der Waals surface area (Å²) in [5, 5.41) is 8.87.